The molecule has 0 aliphatic heterocycles. The van der Waals surface area contributed by atoms with Crippen LogP contribution in [0.25, 0.3) is 5.69 Å². The normalized spacial score (nSPS) is 10.7. The third-order valence-electron chi connectivity index (χ3n) is 3.40. The number of carbonyl (C=O) groups excluding carboxylic acids is 1. The van der Waals surface area contributed by atoms with Crippen LogP contribution in [0.4, 0.5) is 10.2 Å². The zero-order valence-corrected chi connectivity index (χ0v) is 13.7. The molecule has 0 radical (unpaired) electrons. The van der Waals surface area contributed by atoms with E-state index in [0.717, 1.165) is 5.56 Å². The molecule has 122 valence electrons. The van der Waals surface area contributed by atoms with Crippen LogP contribution in [0.3, 0.4) is 0 Å². The minimum atomic E-state index is -0.553. The largest absolute Gasteiger partial charge is 0.305 e. The van der Waals surface area contributed by atoms with E-state index in [1.807, 2.05) is 13.0 Å². The maximum atomic E-state index is 14.0. The molecule has 24 heavy (non-hydrogen) atoms. The van der Waals surface area contributed by atoms with Gasteiger partial charge in [0.05, 0.1) is 5.69 Å². The highest BCUT2D eigenvalue weighted by atomic mass is 35.5. The van der Waals surface area contributed by atoms with Crippen molar-refractivity contribution in [1.82, 2.24) is 20.0 Å². The molecule has 0 saturated heterocycles. The Hall–Kier alpha value is -2.80. The van der Waals surface area contributed by atoms with Gasteiger partial charge in [0, 0.05) is 11.2 Å². The molecule has 1 amide bonds. The fourth-order valence-electron chi connectivity index (χ4n) is 2.20. The van der Waals surface area contributed by atoms with E-state index < -0.39 is 11.7 Å². The lowest BCUT2D eigenvalue weighted by Gasteiger charge is -2.06. The van der Waals surface area contributed by atoms with E-state index in [0.29, 0.717) is 11.5 Å². The smallest absolute Gasteiger partial charge is 0.279 e. The number of halogens is 2. The van der Waals surface area contributed by atoms with Crippen LogP contribution in [-0.4, -0.2) is 25.9 Å². The summed E-state index contributed by atoms with van der Waals surface area (Å²) >= 11 is 5.75. The SMILES string of the molecule is Cc1ccnc(NC(=O)c2nnn(-c3ccc(Cl)cc3F)c2C)c1. The Morgan fingerprint density at radius 1 is 1.25 bits per heavy atom. The summed E-state index contributed by atoms with van der Waals surface area (Å²) in [7, 11) is 0. The second-order valence-corrected chi connectivity index (χ2v) is 5.64. The summed E-state index contributed by atoms with van der Waals surface area (Å²) in [6, 6.07) is 7.74. The zero-order valence-electron chi connectivity index (χ0n) is 12.9. The molecule has 3 rings (SSSR count). The molecule has 6 nitrogen and oxygen atoms in total. The third-order valence-corrected chi connectivity index (χ3v) is 3.64. The second-order valence-electron chi connectivity index (χ2n) is 5.20. The second kappa shape index (κ2) is 6.37. The maximum Gasteiger partial charge on any atom is 0.279 e. The van der Waals surface area contributed by atoms with Gasteiger partial charge in [0.25, 0.3) is 5.91 Å². The number of rotatable bonds is 3. The molecule has 0 fully saturated rings. The van der Waals surface area contributed by atoms with Crippen LogP contribution >= 0.6 is 11.6 Å². The van der Waals surface area contributed by atoms with Crippen molar-refractivity contribution >= 4 is 23.3 Å². The van der Waals surface area contributed by atoms with Gasteiger partial charge in [-0.05, 0) is 49.7 Å². The number of hydrogen-bond acceptors (Lipinski definition) is 4. The van der Waals surface area contributed by atoms with Gasteiger partial charge in [-0.1, -0.05) is 16.8 Å². The summed E-state index contributed by atoms with van der Waals surface area (Å²) in [5.74, 6) is -0.611. The molecular formula is C16H13ClFN5O. The number of pyridine rings is 1. The quantitative estimate of drug-likeness (QED) is 0.790. The molecule has 8 heteroatoms. The molecule has 0 atom stereocenters. The Bertz CT molecular complexity index is 925. The standard InChI is InChI=1S/C16H13ClFN5O/c1-9-5-6-19-14(7-9)20-16(24)15-10(2)23(22-21-15)13-4-3-11(17)8-12(13)18/h3-8H,1-2H3,(H,19,20,24). The molecule has 3 aromatic rings. The van der Waals surface area contributed by atoms with Crippen LogP contribution in [0.5, 0.6) is 0 Å². The van der Waals surface area contributed by atoms with Crippen molar-refractivity contribution in [2.45, 2.75) is 13.8 Å². The minimum Gasteiger partial charge on any atom is -0.305 e. The van der Waals surface area contributed by atoms with E-state index in [1.54, 1.807) is 19.2 Å². The van der Waals surface area contributed by atoms with E-state index in [9.17, 15) is 9.18 Å². The summed E-state index contributed by atoms with van der Waals surface area (Å²) in [6.07, 6.45) is 1.59. The predicted octanol–water partition coefficient (Wildman–Crippen LogP) is 3.32. The summed E-state index contributed by atoms with van der Waals surface area (Å²) in [4.78, 5) is 16.4. The summed E-state index contributed by atoms with van der Waals surface area (Å²) in [5, 5.41) is 10.6. The zero-order chi connectivity index (χ0) is 17.3. The molecule has 0 aliphatic carbocycles. The number of anilines is 1. The molecule has 0 saturated carbocycles. The van der Waals surface area contributed by atoms with E-state index in [4.69, 9.17) is 11.6 Å². The van der Waals surface area contributed by atoms with Crippen molar-refractivity contribution in [3.63, 3.8) is 0 Å². The number of nitrogens with one attached hydrogen (secondary N) is 1. The van der Waals surface area contributed by atoms with Crippen molar-refractivity contribution in [2.75, 3.05) is 5.32 Å². The van der Waals surface area contributed by atoms with Crippen LogP contribution in [0, 0.1) is 19.7 Å². The summed E-state index contributed by atoms with van der Waals surface area (Å²) < 4.78 is 15.3. The first-order chi connectivity index (χ1) is 11.5. The van der Waals surface area contributed by atoms with Crippen LogP contribution in [0.15, 0.2) is 36.5 Å². The first-order valence-corrected chi connectivity index (χ1v) is 7.45. The Balaban J connectivity index is 1.90. The van der Waals surface area contributed by atoms with Crippen LogP contribution in [0.2, 0.25) is 5.02 Å². The fourth-order valence-corrected chi connectivity index (χ4v) is 2.36. The highest BCUT2D eigenvalue weighted by molar-refractivity contribution is 6.30. The molecule has 1 N–H and O–H groups in total. The van der Waals surface area contributed by atoms with Gasteiger partial charge in [0.1, 0.15) is 17.3 Å². The number of benzene rings is 1. The predicted molar refractivity (Wildman–Crippen MR) is 88.0 cm³/mol. The van der Waals surface area contributed by atoms with Gasteiger partial charge in [0.2, 0.25) is 0 Å². The van der Waals surface area contributed by atoms with Crippen LogP contribution < -0.4 is 5.32 Å². The molecule has 2 heterocycles. The first kappa shape index (κ1) is 16.1. The summed E-state index contributed by atoms with van der Waals surface area (Å²) in [6.45, 7) is 3.52. The molecule has 0 bridgehead atoms. The van der Waals surface area contributed by atoms with Gasteiger partial charge in [0.15, 0.2) is 5.69 Å². The van der Waals surface area contributed by atoms with E-state index in [2.05, 4.69) is 20.6 Å². The van der Waals surface area contributed by atoms with E-state index in [1.165, 1.54) is 22.9 Å². The molecule has 0 unspecified atom stereocenters. The van der Waals surface area contributed by atoms with E-state index in [-0.39, 0.29) is 16.4 Å². The molecule has 0 spiro atoms. The topological polar surface area (TPSA) is 72.7 Å². The Morgan fingerprint density at radius 3 is 2.75 bits per heavy atom. The lowest BCUT2D eigenvalue weighted by molar-refractivity contribution is 0.102. The van der Waals surface area contributed by atoms with Crippen molar-refractivity contribution in [2.24, 2.45) is 0 Å². The maximum absolute atomic E-state index is 14.0. The monoisotopic (exact) mass is 345 g/mol. The number of amides is 1. The van der Waals surface area contributed by atoms with Crippen molar-refractivity contribution in [3.05, 3.63) is 64.3 Å². The number of aryl methyl sites for hydroxylation is 1. The van der Waals surface area contributed by atoms with Gasteiger partial charge in [-0.25, -0.2) is 14.1 Å². The van der Waals surface area contributed by atoms with Gasteiger partial charge in [-0.15, -0.1) is 5.10 Å². The molecule has 0 aliphatic rings. The third kappa shape index (κ3) is 3.11. The van der Waals surface area contributed by atoms with Gasteiger partial charge < -0.3 is 5.32 Å². The molecule has 1 aromatic carbocycles. The van der Waals surface area contributed by atoms with Gasteiger partial charge >= 0.3 is 0 Å². The first-order valence-electron chi connectivity index (χ1n) is 7.07. The minimum absolute atomic E-state index is 0.0904. The molecule has 2 aromatic heterocycles. The average Bonchev–Trinajstić information content (AvgIpc) is 2.89. The fraction of sp³-hybridized carbons (Fsp3) is 0.125. The Morgan fingerprint density at radius 2 is 2.04 bits per heavy atom. The van der Waals surface area contributed by atoms with Crippen molar-refractivity contribution in [3.8, 4) is 5.69 Å². The van der Waals surface area contributed by atoms with Crippen LogP contribution in [-0.2, 0) is 0 Å². The molecular weight excluding hydrogens is 333 g/mol. The number of aromatic nitrogens is 4. The highest BCUT2D eigenvalue weighted by Crippen LogP contribution is 2.20. The summed E-state index contributed by atoms with van der Waals surface area (Å²) in [5.41, 5.74) is 1.62. The Kier molecular flexibility index (Phi) is 4.26. The Labute approximate surface area is 142 Å². The van der Waals surface area contributed by atoms with E-state index >= 15 is 0 Å². The number of nitrogens with zero attached hydrogens (tertiary/aromatic N) is 4. The lowest BCUT2D eigenvalue weighted by atomic mass is 10.2. The van der Waals surface area contributed by atoms with Crippen LogP contribution in [0.1, 0.15) is 21.7 Å². The van der Waals surface area contributed by atoms with Crippen molar-refractivity contribution in [1.29, 1.82) is 0 Å². The van der Waals surface area contributed by atoms with Gasteiger partial charge in [-0.2, -0.15) is 0 Å². The average molecular weight is 346 g/mol. The van der Waals surface area contributed by atoms with Gasteiger partial charge in [-0.3, -0.25) is 4.79 Å². The lowest BCUT2D eigenvalue weighted by Crippen LogP contribution is -2.15. The van der Waals surface area contributed by atoms with Crippen molar-refractivity contribution < 1.29 is 9.18 Å². The number of hydrogen-bond donors (Lipinski definition) is 1. The highest BCUT2D eigenvalue weighted by Gasteiger charge is 2.19. The number of carbonyl (C=O) groups is 1.